The van der Waals surface area contributed by atoms with E-state index in [9.17, 15) is 9.59 Å². The van der Waals surface area contributed by atoms with Crippen LogP contribution in [0.1, 0.15) is 56.4 Å². The van der Waals surface area contributed by atoms with Crippen LogP contribution in [0.2, 0.25) is 0 Å². The van der Waals surface area contributed by atoms with Gasteiger partial charge in [-0.1, -0.05) is 11.8 Å². The van der Waals surface area contributed by atoms with Gasteiger partial charge in [-0.25, -0.2) is 4.98 Å². The highest BCUT2D eigenvalue weighted by Crippen LogP contribution is 2.34. The first kappa shape index (κ1) is 19.0. The summed E-state index contributed by atoms with van der Waals surface area (Å²) in [6.45, 7) is 5.55. The number of aromatic nitrogens is 2. The summed E-state index contributed by atoms with van der Waals surface area (Å²) >= 11 is 3.09. The molecule has 3 heterocycles. The largest absolute Gasteiger partial charge is 0.339 e. The van der Waals surface area contributed by atoms with Crippen LogP contribution in [0.5, 0.6) is 0 Å². The topological polar surface area (TPSA) is 55.2 Å². The summed E-state index contributed by atoms with van der Waals surface area (Å²) in [5, 5.41) is 1.52. The third-order valence-corrected chi connectivity index (χ3v) is 7.95. The number of nitrogens with zero attached hydrogens (tertiary/aromatic N) is 3. The molecule has 4 rings (SSSR count). The Morgan fingerprint density at radius 3 is 2.85 bits per heavy atom. The normalized spacial score (nSPS) is 20.1. The lowest BCUT2D eigenvalue weighted by Gasteiger charge is -2.33. The van der Waals surface area contributed by atoms with Crippen molar-refractivity contribution in [3.8, 4) is 0 Å². The fraction of sp³-hybridized carbons (Fsp3) is 0.650. The van der Waals surface area contributed by atoms with E-state index >= 15 is 0 Å². The van der Waals surface area contributed by atoms with Gasteiger partial charge in [-0.15, -0.1) is 11.3 Å². The van der Waals surface area contributed by atoms with Crippen molar-refractivity contribution in [1.29, 1.82) is 0 Å². The van der Waals surface area contributed by atoms with Crippen molar-refractivity contribution in [3.63, 3.8) is 0 Å². The Morgan fingerprint density at radius 2 is 2.07 bits per heavy atom. The first-order valence-corrected chi connectivity index (χ1v) is 11.9. The van der Waals surface area contributed by atoms with E-state index < -0.39 is 0 Å². The molecule has 0 N–H and O–H groups in total. The average Bonchev–Trinajstić information content (AvgIpc) is 3.05. The van der Waals surface area contributed by atoms with E-state index in [0.717, 1.165) is 48.9 Å². The Morgan fingerprint density at radius 1 is 1.26 bits per heavy atom. The van der Waals surface area contributed by atoms with Gasteiger partial charge in [0.1, 0.15) is 4.83 Å². The van der Waals surface area contributed by atoms with Crippen molar-refractivity contribution >= 4 is 39.2 Å². The molecule has 2 aromatic heterocycles. The molecule has 0 aromatic carbocycles. The van der Waals surface area contributed by atoms with Crippen molar-refractivity contribution in [3.05, 3.63) is 20.8 Å². The molecule has 1 saturated heterocycles. The molecule has 1 fully saturated rings. The molecule has 27 heavy (non-hydrogen) atoms. The molecule has 1 amide bonds. The van der Waals surface area contributed by atoms with Gasteiger partial charge in [0.15, 0.2) is 5.16 Å². The molecular formula is C20H27N3O2S2. The van der Waals surface area contributed by atoms with Crippen molar-refractivity contribution < 1.29 is 4.79 Å². The SMILES string of the molecule is CCn1c(SCC(=O)N2CCCC[C@@H]2C)nc2sc3c(c2c1=O)CCCC3. The number of carbonyl (C=O) groups is 1. The lowest BCUT2D eigenvalue weighted by molar-refractivity contribution is -0.131. The summed E-state index contributed by atoms with van der Waals surface area (Å²) in [4.78, 5) is 34.8. The molecule has 2 aromatic rings. The first-order chi connectivity index (χ1) is 13.1. The molecule has 0 unspecified atom stereocenters. The van der Waals surface area contributed by atoms with Crippen LogP contribution in [0.25, 0.3) is 10.2 Å². The lowest BCUT2D eigenvalue weighted by Crippen LogP contribution is -2.43. The third kappa shape index (κ3) is 3.56. The lowest BCUT2D eigenvalue weighted by atomic mass is 9.97. The number of carbonyl (C=O) groups excluding carboxylic acids is 1. The van der Waals surface area contributed by atoms with Crippen LogP contribution in [-0.2, 0) is 24.2 Å². The maximum atomic E-state index is 13.1. The van der Waals surface area contributed by atoms with Crippen molar-refractivity contribution in [1.82, 2.24) is 14.5 Å². The number of thioether (sulfide) groups is 1. The zero-order valence-electron chi connectivity index (χ0n) is 16.1. The van der Waals surface area contributed by atoms with Crippen LogP contribution in [0.3, 0.4) is 0 Å². The van der Waals surface area contributed by atoms with Gasteiger partial charge >= 0.3 is 0 Å². The van der Waals surface area contributed by atoms with Crippen molar-refractivity contribution in [2.45, 2.75) is 76.5 Å². The van der Waals surface area contributed by atoms with Crippen LogP contribution < -0.4 is 5.56 Å². The molecule has 1 aliphatic heterocycles. The van der Waals surface area contributed by atoms with Gasteiger partial charge in [0, 0.05) is 24.0 Å². The Labute approximate surface area is 168 Å². The molecule has 1 atom stereocenters. The van der Waals surface area contributed by atoms with Crippen LogP contribution in [0.4, 0.5) is 0 Å². The molecular weight excluding hydrogens is 378 g/mol. The highest BCUT2D eigenvalue weighted by molar-refractivity contribution is 7.99. The van der Waals surface area contributed by atoms with Crippen LogP contribution in [-0.4, -0.2) is 38.7 Å². The van der Waals surface area contributed by atoms with E-state index in [2.05, 4.69) is 6.92 Å². The molecule has 1 aliphatic carbocycles. The average molecular weight is 406 g/mol. The standard InChI is InChI=1S/C20H27N3O2S2/c1-3-22-19(25)17-14-9-4-5-10-15(14)27-18(17)21-20(22)26-12-16(24)23-11-7-6-8-13(23)2/h13H,3-12H2,1-2H3/t13-/m0/s1. The summed E-state index contributed by atoms with van der Waals surface area (Å²) in [5.41, 5.74) is 1.30. The predicted octanol–water partition coefficient (Wildman–Crippen LogP) is 3.85. The molecule has 0 bridgehead atoms. The fourth-order valence-electron chi connectivity index (χ4n) is 4.29. The molecule has 146 valence electrons. The molecule has 0 radical (unpaired) electrons. The van der Waals surface area contributed by atoms with Gasteiger partial charge in [0.2, 0.25) is 5.91 Å². The highest BCUT2D eigenvalue weighted by atomic mass is 32.2. The zero-order valence-corrected chi connectivity index (χ0v) is 17.8. The van der Waals surface area contributed by atoms with E-state index in [1.165, 1.54) is 35.0 Å². The zero-order chi connectivity index (χ0) is 19.0. The van der Waals surface area contributed by atoms with Gasteiger partial charge in [-0.2, -0.15) is 0 Å². The van der Waals surface area contributed by atoms with E-state index in [4.69, 9.17) is 4.98 Å². The maximum absolute atomic E-state index is 13.1. The maximum Gasteiger partial charge on any atom is 0.263 e. The highest BCUT2D eigenvalue weighted by Gasteiger charge is 2.25. The van der Waals surface area contributed by atoms with E-state index in [1.807, 2.05) is 11.8 Å². The van der Waals surface area contributed by atoms with Crippen LogP contribution >= 0.6 is 23.1 Å². The quantitative estimate of drug-likeness (QED) is 0.573. The van der Waals surface area contributed by atoms with Gasteiger partial charge in [-0.05, 0) is 64.4 Å². The van der Waals surface area contributed by atoms with E-state index in [-0.39, 0.29) is 11.5 Å². The Kier molecular flexibility index (Phi) is 5.60. The first-order valence-electron chi connectivity index (χ1n) is 10.1. The summed E-state index contributed by atoms with van der Waals surface area (Å²) < 4.78 is 1.75. The Balaban J connectivity index is 1.61. The number of amides is 1. The number of hydrogen-bond donors (Lipinski definition) is 0. The summed E-state index contributed by atoms with van der Waals surface area (Å²) in [6, 6.07) is 0.319. The minimum absolute atomic E-state index is 0.0724. The number of rotatable bonds is 4. The number of thiophene rings is 1. The summed E-state index contributed by atoms with van der Waals surface area (Å²) in [6.07, 6.45) is 7.79. The second-order valence-corrected chi connectivity index (χ2v) is 9.58. The predicted molar refractivity (Wildman–Crippen MR) is 112 cm³/mol. The number of hydrogen-bond acceptors (Lipinski definition) is 5. The number of likely N-dealkylation sites (tertiary alicyclic amines) is 1. The van der Waals surface area contributed by atoms with E-state index in [1.54, 1.807) is 15.9 Å². The molecule has 2 aliphatic rings. The third-order valence-electron chi connectivity index (χ3n) is 5.80. The minimum atomic E-state index is 0.0724. The van der Waals surface area contributed by atoms with Gasteiger partial charge in [0.05, 0.1) is 11.1 Å². The second kappa shape index (κ2) is 7.95. The van der Waals surface area contributed by atoms with Crippen molar-refractivity contribution in [2.75, 3.05) is 12.3 Å². The van der Waals surface area contributed by atoms with Gasteiger partial charge < -0.3 is 4.90 Å². The van der Waals surface area contributed by atoms with E-state index in [0.29, 0.717) is 23.5 Å². The monoisotopic (exact) mass is 405 g/mol. The Hall–Kier alpha value is -1.34. The van der Waals surface area contributed by atoms with Crippen LogP contribution in [0.15, 0.2) is 9.95 Å². The summed E-state index contributed by atoms with van der Waals surface area (Å²) in [5.74, 6) is 0.516. The number of piperidine rings is 1. The van der Waals surface area contributed by atoms with Gasteiger partial charge in [-0.3, -0.25) is 14.2 Å². The van der Waals surface area contributed by atoms with Crippen LogP contribution in [0, 0.1) is 0 Å². The Bertz CT molecular complexity index is 918. The van der Waals surface area contributed by atoms with Crippen molar-refractivity contribution in [2.24, 2.45) is 0 Å². The minimum Gasteiger partial charge on any atom is -0.339 e. The molecule has 0 spiro atoms. The fourth-order valence-corrected chi connectivity index (χ4v) is 6.54. The number of fused-ring (bicyclic) bond motifs is 3. The van der Waals surface area contributed by atoms with Gasteiger partial charge in [0.25, 0.3) is 5.56 Å². The summed E-state index contributed by atoms with van der Waals surface area (Å²) in [7, 11) is 0. The molecule has 5 nitrogen and oxygen atoms in total. The second-order valence-electron chi connectivity index (χ2n) is 7.56. The molecule has 7 heteroatoms. The molecule has 0 saturated carbocycles. The smallest absolute Gasteiger partial charge is 0.263 e. The number of aryl methyl sites for hydroxylation is 2.